The first-order valence-electron chi connectivity index (χ1n) is 7.25. The zero-order valence-corrected chi connectivity index (χ0v) is 15.5. The van der Waals surface area contributed by atoms with Crippen LogP contribution in [0.25, 0.3) is 0 Å². The molecule has 0 fully saturated rings. The third kappa shape index (κ3) is 5.01. The summed E-state index contributed by atoms with van der Waals surface area (Å²) >= 11 is 17.8. The maximum Gasteiger partial charge on any atom is 0.340 e. The van der Waals surface area contributed by atoms with Crippen molar-refractivity contribution in [2.45, 2.75) is 13.0 Å². The Kier molecular flexibility index (Phi) is 6.53. The highest BCUT2D eigenvalue weighted by atomic mass is 35.5. The second-order valence-corrected chi connectivity index (χ2v) is 6.49. The fourth-order valence-corrected chi connectivity index (χ4v) is 2.94. The van der Waals surface area contributed by atoms with Crippen LogP contribution < -0.4 is 11.1 Å². The van der Waals surface area contributed by atoms with Gasteiger partial charge in [0.25, 0.3) is 5.91 Å². The first kappa shape index (κ1) is 19.4. The van der Waals surface area contributed by atoms with Crippen molar-refractivity contribution in [3.63, 3.8) is 0 Å². The van der Waals surface area contributed by atoms with E-state index in [1.165, 1.54) is 12.1 Å². The van der Waals surface area contributed by atoms with Gasteiger partial charge in [-0.15, -0.1) is 0 Å². The molecule has 0 heterocycles. The summed E-state index contributed by atoms with van der Waals surface area (Å²) in [5.74, 6) is -1.27. The lowest BCUT2D eigenvalue weighted by atomic mass is 10.1. The Hall–Kier alpha value is -1.95. The molecule has 0 aliphatic rings. The summed E-state index contributed by atoms with van der Waals surface area (Å²) in [5.41, 5.74) is 6.53. The highest BCUT2D eigenvalue weighted by molar-refractivity contribution is 6.37. The molecule has 0 saturated carbocycles. The van der Waals surface area contributed by atoms with Crippen LogP contribution in [0.3, 0.4) is 0 Å². The Morgan fingerprint density at radius 3 is 2.52 bits per heavy atom. The number of carbonyl (C=O) groups excluding carboxylic acids is 2. The summed E-state index contributed by atoms with van der Waals surface area (Å²) in [6, 6.07) is 9.53. The van der Waals surface area contributed by atoms with Crippen LogP contribution >= 0.6 is 34.8 Å². The summed E-state index contributed by atoms with van der Waals surface area (Å²) in [6.07, 6.45) is 0. The normalized spacial score (nSPS) is 11.7. The van der Waals surface area contributed by atoms with Gasteiger partial charge in [-0.3, -0.25) is 4.79 Å². The van der Waals surface area contributed by atoms with E-state index in [2.05, 4.69) is 5.32 Å². The fourth-order valence-electron chi connectivity index (χ4n) is 2.15. The number of rotatable bonds is 5. The summed E-state index contributed by atoms with van der Waals surface area (Å²) in [5, 5.41) is 3.61. The molecule has 2 rings (SSSR count). The quantitative estimate of drug-likeness (QED) is 0.579. The Morgan fingerprint density at radius 2 is 1.84 bits per heavy atom. The van der Waals surface area contributed by atoms with Crippen LogP contribution in [0.15, 0.2) is 36.4 Å². The average Bonchev–Trinajstić information content (AvgIpc) is 2.56. The van der Waals surface area contributed by atoms with E-state index in [0.717, 1.165) is 5.56 Å². The van der Waals surface area contributed by atoms with Crippen molar-refractivity contribution in [2.24, 2.45) is 0 Å². The van der Waals surface area contributed by atoms with Crippen molar-refractivity contribution in [1.82, 2.24) is 5.32 Å². The van der Waals surface area contributed by atoms with E-state index in [-0.39, 0.29) is 27.3 Å². The van der Waals surface area contributed by atoms with Gasteiger partial charge >= 0.3 is 5.97 Å². The third-order valence-corrected chi connectivity index (χ3v) is 4.27. The molecule has 0 saturated heterocycles. The molecule has 0 unspecified atom stereocenters. The number of anilines is 1. The molecular weight excluding hydrogens is 387 g/mol. The van der Waals surface area contributed by atoms with Crippen molar-refractivity contribution in [3.05, 3.63) is 62.6 Å². The SMILES string of the molecule is C[C@@H](NC(=O)COC(=O)c1cc(Cl)cc(Cl)c1N)c1ccccc1Cl. The maximum atomic E-state index is 12.1. The lowest BCUT2D eigenvalue weighted by Crippen LogP contribution is -2.31. The minimum atomic E-state index is -0.789. The summed E-state index contributed by atoms with van der Waals surface area (Å²) in [7, 11) is 0. The number of nitrogens with two attached hydrogens (primary N) is 1. The van der Waals surface area contributed by atoms with Crippen molar-refractivity contribution < 1.29 is 14.3 Å². The van der Waals surface area contributed by atoms with Crippen molar-refractivity contribution in [2.75, 3.05) is 12.3 Å². The zero-order chi connectivity index (χ0) is 18.6. The standard InChI is InChI=1S/C17H15Cl3N2O3/c1-9(11-4-2-3-5-13(11)19)22-15(23)8-25-17(24)12-6-10(18)7-14(20)16(12)21/h2-7,9H,8,21H2,1H3,(H,22,23)/t9-/m1/s1. The molecular formula is C17H15Cl3N2O3. The first-order chi connectivity index (χ1) is 11.8. The van der Waals surface area contributed by atoms with Crippen LogP contribution in [0, 0.1) is 0 Å². The van der Waals surface area contributed by atoms with Gasteiger partial charge in [-0.05, 0) is 30.7 Å². The highest BCUT2D eigenvalue weighted by Gasteiger charge is 2.18. The summed E-state index contributed by atoms with van der Waals surface area (Å²) in [4.78, 5) is 24.0. The lowest BCUT2D eigenvalue weighted by Gasteiger charge is -2.16. The molecule has 2 aromatic carbocycles. The Labute approximate surface area is 160 Å². The number of nitrogen functional groups attached to an aromatic ring is 1. The van der Waals surface area contributed by atoms with E-state index in [0.29, 0.717) is 5.02 Å². The van der Waals surface area contributed by atoms with Gasteiger partial charge in [-0.25, -0.2) is 4.79 Å². The van der Waals surface area contributed by atoms with Crippen LogP contribution in [-0.2, 0) is 9.53 Å². The molecule has 0 aromatic heterocycles. The molecule has 0 spiro atoms. The monoisotopic (exact) mass is 400 g/mol. The number of hydrogen-bond acceptors (Lipinski definition) is 4. The molecule has 1 amide bonds. The van der Waals surface area contributed by atoms with E-state index in [1.54, 1.807) is 25.1 Å². The molecule has 132 valence electrons. The second-order valence-electron chi connectivity index (χ2n) is 5.24. The number of ether oxygens (including phenoxy) is 1. The van der Waals surface area contributed by atoms with Crippen LogP contribution in [0.5, 0.6) is 0 Å². The largest absolute Gasteiger partial charge is 0.452 e. The van der Waals surface area contributed by atoms with Gasteiger partial charge in [0.05, 0.1) is 22.3 Å². The van der Waals surface area contributed by atoms with Crippen molar-refractivity contribution in [1.29, 1.82) is 0 Å². The number of esters is 1. The van der Waals surface area contributed by atoms with Gasteiger partial charge in [0.1, 0.15) is 0 Å². The van der Waals surface area contributed by atoms with Gasteiger partial charge in [0, 0.05) is 10.0 Å². The van der Waals surface area contributed by atoms with Gasteiger partial charge in [-0.1, -0.05) is 53.0 Å². The van der Waals surface area contributed by atoms with Crippen LogP contribution in [-0.4, -0.2) is 18.5 Å². The van der Waals surface area contributed by atoms with Crippen LogP contribution in [0.4, 0.5) is 5.69 Å². The predicted octanol–water partition coefficient (Wildman–Crippen LogP) is 4.26. The van der Waals surface area contributed by atoms with Gasteiger partial charge in [0.2, 0.25) is 0 Å². The molecule has 0 radical (unpaired) electrons. The van der Waals surface area contributed by atoms with Crippen molar-refractivity contribution >= 4 is 52.4 Å². The minimum absolute atomic E-state index is 0.00412. The highest BCUT2D eigenvalue weighted by Crippen LogP contribution is 2.28. The van der Waals surface area contributed by atoms with E-state index in [9.17, 15) is 9.59 Å². The van der Waals surface area contributed by atoms with E-state index < -0.39 is 18.5 Å². The Morgan fingerprint density at radius 1 is 1.16 bits per heavy atom. The molecule has 3 N–H and O–H groups in total. The Balaban J connectivity index is 1.96. The number of amides is 1. The smallest absolute Gasteiger partial charge is 0.340 e. The molecule has 1 atom stereocenters. The molecule has 2 aromatic rings. The van der Waals surface area contributed by atoms with Crippen LogP contribution in [0.1, 0.15) is 28.9 Å². The second kappa shape index (κ2) is 8.43. The summed E-state index contributed by atoms with van der Waals surface area (Å²) in [6.45, 7) is 1.30. The van der Waals surface area contributed by atoms with Crippen molar-refractivity contribution in [3.8, 4) is 0 Å². The number of benzene rings is 2. The number of halogens is 3. The Bertz CT molecular complexity index is 812. The number of nitrogens with one attached hydrogen (secondary N) is 1. The average molecular weight is 402 g/mol. The molecule has 25 heavy (non-hydrogen) atoms. The molecule has 0 bridgehead atoms. The maximum absolute atomic E-state index is 12.1. The zero-order valence-electron chi connectivity index (χ0n) is 13.2. The fraction of sp³-hybridized carbons (Fsp3) is 0.176. The van der Waals surface area contributed by atoms with E-state index >= 15 is 0 Å². The molecule has 5 nitrogen and oxygen atoms in total. The summed E-state index contributed by atoms with van der Waals surface area (Å²) < 4.78 is 4.97. The molecule has 0 aliphatic carbocycles. The minimum Gasteiger partial charge on any atom is -0.452 e. The van der Waals surface area contributed by atoms with Gasteiger partial charge in [-0.2, -0.15) is 0 Å². The number of carbonyl (C=O) groups is 2. The van der Waals surface area contributed by atoms with Gasteiger partial charge < -0.3 is 15.8 Å². The third-order valence-electron chi connectivity index (χ3n) is 3.40. The molecule has 0 aliphatic heterocycles. The van der Waals surface area contributed by atoms with E-state index in [1.807, 2.05) is 6.07 Å². The molecule has 8 heteroatoms. The topological polar surface area (TPSA) is 81.4 Å². The number of hydrogen-bond donors (Lipinski definition) is 2. The van der Waals surface area contributed by atoms with Gasteiger partial charge in [0.15, 0.2) is 6.61 Å². The predicted molar refractivity (Wildman–Crippen MR) is 99.2 cm³/mol. The lowest BCUT2D eigenvalue weighted by molar-refractivity contribution is -0.124. The van der Waals surface area contributed by atoms with Crippen LogP contribution in [0.2, 0.25) is 15.1 Å². The van der Waals surface area contributed by atoms with E-state index in [4.69, 9.17) is 45.3 Å². The first-order valence-corrected chi connectivity index (χ1v) is 8.38.